The molecule has 6 heteroatoms. The largest absolute Gasteiger partial charge is 0.380 e. The molecule has 1 rings (SSSR count). The lowest BCUT2D eigenvalue weighted by Crippen LogP contribution is -2.33. The highest BCUT2D eigenvalue weighted by atomic mass is 35.5. The fourth-order valence-electron chi connectivity index (χ4n) is 1.35. The summed E-state index contributed by atoms with van der Waals surface area (Å²) in [5.74, 6) is -0.0371. The van der Waals surface area contributed by atoms with Gasteiger partial charge < -0.3 is 15.8 Å². The molecule has 0 saturated heterocycles. The minimum absolute atomic E-state index is 0.0371. The van der Waals surface area contributed by atoms with Crippen molar-refractivity contribution in [1.29, 1.82) is 0 Å². The average Bonchev–Trinajstić information content (AvgIpc) is 2.72. The number of hydrogen-bond donors (Lipinski definition) is 2. The maximum atomic E-state index is 11.5. The predicted octanol–water partition coefficient (Wildman–Crippen LogP) is 1.42. The van der Waals surface area contributed by atoms with E-state index in [4.69, 9.17) is 22.1 Å². The van der Waals surface area contributed by atoms with E-state index in [1.54, 1.807) is 7.11 Å². The molecule has 96 valence electrons. The lowest BCUT2D eigenvalue weighted by Gasteiger charge is -2.12. The molecule has 0 radical (unpaired) electrons. The van der Waals surface area contributed by atoms with Crippen LogP contribution in [0.5, 0.6) is 0 Å². The minimum atomic E-state index is -0.203. The van der Waals surface area contributed by atoms with E-state index in [2.05, 4.69) is 5.32 Å². The molecule has 1 aromatic rings. The van der Waals surface area contributed by atoms with E-state index in [0.717, 1.165) is 15.6 Å². The van der Waals surface area contributed by atoms with Crippen LogP contribution in [0.3, 0.4) is 0 Å². The lowest BCUT2D eigenvalue weighted by molar-refractivity contribution is -0.123. The SMILES string of the molecule is COC(CN)CC(=O)NCCc1ccc(Cl)s1. The molecule has 3 N–H and O–H groups in total. The van der Waals surface area contributed by atoms with Gasteiger partial charge in [0.2, 0.25) is 5.91 Å². The molecule has 0 spiro atoms. The Balaban J connectivity index is 2.20. The fourth-order valence-corrected chi connectivity index (χ4v) is 2.44. The van der Waals surface area contributed by atoms with Crippen LogP contribution in [0.1, 0.15) is 11.3 Å². The predicted molar refractivity (Wildman–Crippen MR) is 70.5 cm³/mol. The number of hydrogen-bond acceptors (Lipinski definition) is 4. The van der Waals surface area contributed by atoms with Crippen molar-refractivity contribution in [2.45, 2.75) is 18.9 Å². The first-order valence-electron chi connectivity index (χ1n) is 5.39. The van der Waals surface area contributed by atoms with Crippen molar-refractivity contribution >= 4 is 28.8 Å². The molecule has 0 aliphatic heterocycles. The Morgan fingerprint density at radius 2 is 2.41 bits per heavy atom. The van der Waals surface area contributed by atoms with Crippen LogP contribution in [0.2, 0.25) is 4.34 Å². The van der Waals surface area contributed by atoms with Gasteiger partial charge in [-0.3, -0.25) is 4.79 Å². The Bertz CT molecular complexity index is 353. The number of carbonyl (C=O) groups excluding carboxylic acids is 1. The first kappa shape index (κ1) is 14.4. The van der Waals surface area contributed by atoms with E-state index in [1.165, 1.54) is 11.3 Å². The van der Waals surface area contributed by atoms with Gasteiger partial charge in [-0.05, 0) is 18.6 Å². The average molecular weight is 277 g/mol. The van der Waals surface area contributed by atoms with Crippen molar-refractivity contribution < 1.29 is 9.53 Å². The number of ether oxygens (including phenoxy) is 1. The van der Waals surface area contributed by atoms with Crippen LogP contribution in [0.4, 0.5) is 0 Å². The van der Waals surface area contributed by atoms with Gasteiger partial charge in [-0.1, -0.05) is 11.6 Å². The molecule has 0 aliphatic carbocycles. The number of thiophene rings is 1. The summed E-state index contributed by atoms with van der Waals surface area (Å²) < 4.78 is 5.81. The summed E-state index contributed by atoms with van der Waals surface area (Å²) in [6.07, 6.45) is 0.896. The molecule has 0 aliphatic rings. The zero-order valence-electron chi connectivity index (χ0n) is 9.74. The van der Waals surface area contributed by atoms with Crippen LogP contribution < -0.4 is 11.1 Å². The maximum Gasteiger partial charge on any atom is 0.222 e. The van der Waals surface area contributed by atoms with Crippen molar-refractivity contribution in [1.82, 2.24) is 5.32 Å². The molecule has 0 bridgehead atoms. The Kier molecular flexibility index (Phi) is 6.50. The second-order valence-corrected chi connectivity index (χ2v) is 5.40. The minimum Gasteiger partial charge on any atom is -0.380 e. The quantitative estimate of drug-likeness (QED) is 0.792. The third-order valence-corrected chi connectivity index (χ3v) is 3.62. The normalized spacial score (nSPS) is 12.4. The summed E-state index contributed by atoms with van der Waals surface area (Å²) in [5, 5.41) is 2.83. The van der Waals surface area contributed by atoms with E-state index >= 15 is 0 Å². The molecule has 0 fully saturated rings. The molecular formula is C11H17ClN2O2S. The number of carbonyl (C=O) groups is 1. The van der Waals surface area contributed by atoms with Crippen LogP contribution in [0.15, 0.2) is 12.1 Å². The van der Waals surface area contributed by atoms with Crippen molar-refractivity contribution in [3.05, 3.63) is 21.3 Å². The van der Waals surface area contributed by atoms with Gasteiger partial charge in [0, 0.05) is 25.1 Å². The maximum absolute atomic E-state index is 11.5. The van der Waals surface area contributed by atoms with Gasteiger partial charge in [0.15, 0.2) is 0 Å². The lowest BCUT2D eigenvalue weighted by atomic mass is 10.2. The number of nitrogens with two attached hydrogens (primary N) is 1. The molecule has 1 atom stereocenters. The summed E-state index contributed by atoms with van der Waals surface area (Å²) in [5.41, 5.74) is 5.44. The Morgan fingerprint density at radius 3 is 2.94 bits per heavy atom. The summed E-state index contributed by atoms with van der Waals surface area (Å²) in [4.78, 5) is 12.7. The summed E-state index contributed by atoms with van der Waals surface area (Å²) >= 11 is 7.34. The van der Waals surface area contributed by atoms with Gasteiger partial charge >= 0.3 is 0 Å². The van der Waals surface area contributed by atoms with Crippen LogP contribution >= 0.6 is 22.9 Å². The molecule has 17 heavy (non-hydrogen) atoms. The van der Waals surface area contributed by atoms with Crippen LogP contribution in [0, 0.1) is 0 Å². The number of nitrogens with one attached hydrogen (secondary N) is 1. The van der Waals surface area contributed by atoms with E-state index in [0.29, 0.717) is 19.5 Å². The highest BCUT2D eigenvalue weighted by Gasteiger charge is 2.10. The Labute approximate surface area is 110 Å². The molecule has 1 aromatic heterocycles. The van der Waals surface area contributed by atoms with Gasteiger partial charge in [-0.15, -0.1) is 11.3 Å². The van der Waals surface area contributed by atoms with Crippen molar-refractivity contribution in [2.24, 2.45) is 5.73 Å². The number of rotatable bonds is 7. The molecule has 4 nitrogen and oxygen atoms in total. The van der Waals surface area contributed by atoms with E-state index in [1.807, 2.05) is 12.1 Å². The summed E-state index contributed by atoms with van der Waals surface area (Å²) in [6, 6.07) is 3.83. The van der Waals surface area contributed by atoms with Gasteiger partial charge in [-0.2, -0.15) is 0 Å². The standard InChI is InChI=1S/C11H17ClN2O2S/c1-16-8(7-13)6-11(15)14-5-4-9-2-3-10(12)17-9/h2-3,8H,4-7,13H2,1H3,(H,14,15). The summed E-state index contributed by atoms with van der Waals surface area (Å²) in [6.45, 7) is 0.959. The van der Waals surface area contributed by atoms with E-state index < -0.39 is 0 Å². The third-order valence-electron chi connectivity index (χ3n) is 2.33. The van der Waals surface area contributed by atoms with Crippen molar-refractivity contribution in [3.63, 3.8) is 0 Å². The topological polar surface area (TPSA) is 64.3 Å². The highest BCUT2D eigenvalue weighted by molar-refractivity contribution is 7.16. The van der Waals surface area contributed by atoms with Crippen molar-refractivity contribution in [3.8, 4) is 0 Å². The van der Waals surface area contributed by atoms with Gasteiger partial charge in [0.25, 0.3) is 0 Å². The van der Waals surface area contributed by atoms with Crippen molar-refractivity contribution in [2.75, 3.05) is 20.2 Å². The zero-order chi connectivity index (χ0) is 12.7. The van der Waals surface area contributed by atoms with E-state index in [-0.39, 0.29) is 12.0 Å². The number of halogens is 1. The molecule has 0 aromatic carbocycles. The Morgan fingerprint density at radius 1 is 1.65 bits per heavy atom. The number of methoxy groups -OCH3 is 1. The first-order chi connectivity index (χ1) is 8.15. The van der Waals surface area contributed by atoms with Gasteiger partial charge in [0.05, 0.1) is 16.9 Å². The molecule has 0 saturated carbocycles. The molecular weight excluding hydrogens is 260 g/mol. The molecule has 1 heterocycles. The molecule has 1 amide bonds. The highest BCUT2D eigenvalue weighted by Crippen LogP contribution is 2.21. The van der Waals surface area contributed by atoms with E-state index in [9.17, 15) is 4.79 Å². The second kappa shape index (κ2) is 7.66. The van der Waals surface area contributed by atoms with Crippen LogP contribution in [-0.4, -0.2) is 32.2 Å². The van der Waals surface area contributed by atoms with Gasteiger partial charge in [0.1, 0.15) is 0 Å². The fraction of sp³-hybridized carbons (Fsp3) is 0.545. The first-order valence-corrected chi connectivity index (χ1v) is 6.59. The second-order valence-electron chi connectivity index (χ2n) is 3.60. The van der Waals surface area contributed by atoms with Crippen LogP contribution in [-0.2, 0) is 16.0 Å². The smallest absolute Gasteiger partial charge is 0.222 e. The summed E-state index contributed by atoms with van der Waals surface area (Å²) in [7, 11) is 1.55. The monoisotopic (exact) mass is 276 g/mol. The van der Waals surface area contributed by atoms with Gasteiger partial charge in [-0.25, -0.2) is 0 Å². The zero-order valence-corrected chi connectivity index (χ0v) is 11.3. The Hall–Kier alpha value is -0.620. The number of amides is 1. The van der Waals surface area contributed by atoms with Crippen LogP contribution in [0.25, 0.3) is 0 Å². The molecule has 1 unspecified atom stereocenters. The third kappa shape index (κ3) is 5.50.